The number of nitrogens with zero attached hydrogens (tertiary/aromatic N) is 3. The van der Waals surface area contributed by atoms with Crippen LogP contribution in [0.3, 0.4) is 0 Å². The first-order valence-corrected chi connectivity index (χ1v) is 13.9. The van der Waals surface area contributed by atoms with Crippen molar-refractivity contribution in [2.45, 2.75) is 51.1 Å². The zero-order chi connectivity index (χ0) is 24.7. The summed E-state index contributed by atoms with van der Waals surface area (Å²) in [5.41, 5.74) is 3.06. The van der Waals surface area contributed by atoms with Crippen molar-refractivity contribution >= 4 is 65.7 Å². The summed E-state index contributed by atoms with van der Waals surface area (Å²) in [7, 11) is 0. The van der Waals surface area contributed by atoms with Gasteiger partial charge in [0.15, 0.2) is 5.78 Å². The van der Waals surface area contributed by atoms with Gasteiger partial charge in [-0.15, -0.1) is 0 Å². The van der Waals surface area contributed by atoms with Crippen molar-refractivity contribution in [3.63, 3.8) is 0 Å². The van der Waals surface area contributed by atoms with E-state index in [1.54, 1.807) is 0 Å². The van der Waals surface area contributed by atoms with Crippen LogP contribution in [0.25, 0.3) is 5.57 Å². The molecule has 3 rings (SSSR count). The van der Waals surface area contributed by atoms with E-state index in [2.05, 4.69) is 14.8 Å². The summed E-state index contributed by atoms with van der Waals surface area (Å²) in [5.74, 6) is 1.12. The van der Waals surface area contributed by atoms with Crippen LogP contribution in [-0.2, 0) is 56.0 Å². The average molecular weight is 744 g/mol. The molecule has 2 bridgehead atoms. The van der Waals surface area contributed by atoms with Gasteiger partial charge >= 0.3 is 0 Å². The molecule has 1 unspecified atom stereocenters. The van der Waals surface area contributed by atoms with Gasteiger partial charge in [-0.3, -0.25) is 9.69 Å². The van der Waals surface area contributed by atoms with E-state index in [1.165, 1.54) is 0 Å². The largest absolute Gasteiger partial charge is 2.00 e. The molecule has 1 saturated heterocycles. The zero-order valence-electron chi connectivity index (χ0n) is 20.4. The fourth-order valence-electron chi connectivity index (χ4n) is 5.14. The third kappa shape index (κ3) is 8.72. The molecule has 6 nitrogen and oxygen atoms in total. The van der Waals surface area contributed by atoms with Crippen LogP contribution < -0.4 is 5.11 Å². The number of benzene rings is 1. The maximum absolute atomic E-state index is 13.1. The van der Waals surface area contributed by atoms with Crippen molar-refractivity contribution in [3.8, 4) is 0 Å². The van der Waals surface area contributed by atoms with Crippen molar-refractivity contribution in [1.82, 2.24) is 9.80 Å². The summed E-state index contributed by atoms with van der Waals surface area (Å²) in [5, 5.41) is 13.1. The quantitative estimate of drug-likeness (QED) is 0.175. The number of carbonyl (C=O) groups is 1. The molecule has 2 aliphatic heterocycles. The van der Waals surface area contributed by atoms with Gasteiger partial charge in [-0.05, 0) is 67.9 Å². The van der Waals surface area contributed by atoms with Crippen LogP contribution in [0.2, 0.25) is 10.0 Å². The van der Waals surface area contributed by atoms with Crippen molar-refractivity contribution in [1.29, 1.82) is 0 Å². The Bertz CT molecular complexity index is 936. The topological polar surface area (TPSA) is 87.5 Å². The predicted molar refractivity (Wildman–Crippen MR) is 145 cm³/mol. The molecule has 11 heteroatoms. The Balaban J connectivity index is 0.00000324. The molecular weight excluding hydrogens is 712 g/mol. The number of Topliss-reactive ketones (excluding diaryl/α,β-unsaturated/α-hetero) is 1. The Hall–Kier alpha value is -0.0777. The van der Waals surface area contributed by atoms with Crippen LogP contribution in [0.4, 0.5) is 0 Å². The molecule has 0 spiro atoms. The smallest absolute Gasteiger partial charge is 0.160 e. The minimum atomic E-state index is -0.128. The van der Waals surface area contributed by atoms with Gasteiger partial charge in [0.2, 0.25) is 0 Å². The summed E-state index contributed by atoms with van der Waals surface area (Å²) in [4.78, 5) is 21.7. The van der Waals surface area contributed by atoms with Crippen molar-refractivity contribution in [2.75, 3.05) is 44.2 Å². The van der Waals surface area contributed by atoms with Gasteiger partial charge < -0.3 is 45.7 Å². The molecule has 0 aromatic heterocycles. The number of hydrogen-bond acceptors (Lipinski definition) is 7. The van der Waals surface area contributed by atoms with Crippen molar-refractivity contribution in [2.24, 2.45) is 4.99 Å². The number of ketones is 1. The Morgan fingerprint density at radius 3 is 2.58 bits per heavy atom. The summed E-state index contributed by atoms with van der Waals surface area (Å²) in [6.07, 6.45) is 4.29. The van der Waals surface area contributed by atoms with Crippen LogP contribution in [0.1, 0.15) is 44.6 Å². The maximum Gasteiger partial charge on any atom is 0.160 e. The normalized spacial score (nSPS) is 19.9. The second kappa shape index (κ2) is 16.8. The Kier molecular flexibility index (Phi) is 15.8. The van der Waals surface area contributed by atoms with Gasteiger partial charge in [0.1, 0.15) is 0 Å². The van der Waals surface area contributed by atoms with E-state index >= 15 is 0 Å². The van der Waals surface area contributed by atoms with Crippen molar-refractivity contribution < 1.29 is 35.8 Å². The van der Waals surface area contributed by atoms with E-state index in [-0.39, 0.29) is 43.6 Å². The summed E-state index contributed by atoms with van der Waals surface area (Å²) in [6.45, 7) is 4.97. The molecule has 1 fully saturated rings. The molecule has 1 aromatic carbocycles. The van der Waals surface area contributed by atoms with Gasteiger partial charge in [0.25, 0.3) is 0 Å². The predicted octanol–water partition coefficient (Wildman–Crippen LogP) is 3.39. The van der Waals surface area contributed by atoms with E-state index in [0.717, 1.165) is 55.5 Å². The number of halogens is 2. The molecule has 2 heterocycles. The van der Waals surface area contributed by atoms with Gasteiger partial charge in [0.05, 0.1) is 10.0 Å². The number of hydrogen-bond donors (Lipinski definition) is 0. The molecule has 2 aliphatic rings. The number of carbonyl (C=O) groups excluding carboxylic acids is 1. The third-order valence-electron chi connectivity index (χ3n) is 6.67. The first kappa shape index (κ1) is 34.0. The first-order chi connectivity index (χ1) is 16.4. The van der Waals surface area contributed by atoms with Gasteiger partial charge in [-0.2, -0.15) is 11.5 Å². The molecular formula is C25H32Cl2N3O3ReS2-5. The summed E-state index contributed by atoms with van der Waals surface area (Å²) in [6, 6.07) is 6.20. The first-order valence-electron chi connectivity index (χ1n) is 12.0. The second-order valence-corrected chi connectivity index (χ2v) is 10.4. The van der Waals surface area contributed by atoms with E-state index in [4.69, 9.17) is 48.5 Å². The monoisotopic (exact) mass is 743 g/mol. The molecule has 0 N–H and O–H groups in total. The van der Waals surface area contributed by atoms with Crippen LogP contribution in [0.5, 0.6) is 0 Å². The van der Waals surface area contributed by atoms with E-state index < -0.39 is 0 Å². The molecule has 2 atom stereocenters. The van der Waals surface area contributed by atoms with Crippen LogP contribution in [-0.4, -0.2) is 77.8 Å². The maximum atomic E-state index is 13.1. The van der Waals surface area contributed by atoms with E-state index in [1.807, 2.05) is 25.1 Å². The van der Waals surface area contributed by atoms with Crippen LogP contribution in [0, 0.1) is 0 Å². The van der Waals surface area contributed by atoms with Gasteiger partial charge in [-0.25, -0.2) is 0 Å². The van der Waals surface area contributed by atoms with Crippen LogP contribution in [0.15, 0.2) is 28.8 Å². The SMILES string of the molecule is CCC(=O)C1=C(c2ccc(Cl)c(Cl)c2)CC2CC[C@H]1N2CCCN(CC[S-])CC([O-])=NCC[S-].[O-2].[Re]. The zero-order valence-corrected chi connectivity index (χ0v) is 26.2. The number of rotatable bonds is 13. The molecule has 203 valence electrons. The minimum absolute atomic E-state index is 0. The standard InChI is InChI=1S/C25H35Cl2N3O2S2.O.Re/c1-2-23(31)25-19(17-4-6-20(26)21(27)14-17)15-18-5-7-22(25)30(18)10-3-9-29(11-13-34)16-24(32)28-8-12-33;;/h4,6,14,18,22,33-34H,2-3,5,7-13,15-16H2,1H3,(H,28,32);;/q;-2;/p-3/t18?,22-;;/m1../s1. The molecule has 0 saturated carbocycles. The summed E-state index contributed by atoms with van der Waals surface area (Å²) >= 11 is 22.5. The molecule has 36 heavy (non-hydrogen) atoms. The Morgan fingerprint density at radius 1 is 1.19 bits per heavy atom. The second-order valence-electron chi connectivity index (χ2n) is 8.80. The number of aliphatic imine (C=N–C) groups is 1. The molecule has 0 aliphatic carbocycles. The number of fused-ring (bicyclic) bond motifs is 2. The Morgan fingerprint density at radius 2 is 1.94 bits per heavy atom. The van der Waals surface area contributed by atoms with E-state index in [0.29, 0.717) is 53.6 Å². The Labute approximate surface area is 249 Å². The minimum Gasteiger partial charge on any atom is -2.00 e. The van der Waals surface area contributed by atoms with Crippen molar-refractivity contribution in [3.05, 3.63) is 39.4 Å². The van der Waals surface area contributed by atoms with Gasteiger partial charge in [0, 0.05) is 64.1 Å². The molecule has 0 amide bonds. The van der Waals surface area contributed by atoms with Crippen LogP contribution >= 0.6 is 23.2 Å². The van der Waals surface area contributed by atoms with E-state index in [9.17, 15) is 9.90 Å². The fraction of sp³-hybridized carbons (Fsp3) is 0.600. The third-order valence-corrected chi connectivity index (χ3v) is 7.77. The molecule has 1 aromatic rings. The average Bonchev–Trinajstić information content (AvgIpc) is 3.09. The summed E-state index contributed by atoms with van der Waals surface area (Å²) < 4.78 is 0. The van der Waals surface area contributed by atoms with Gasteiger partial charge in [-0.1, -0.05) is 36.2 Å². The molecule has 1 radical (unpaired) electrons. The fourth-order valence-corrected chi connectivity index (χ4v) is 5.79.